The maximum absolute atomic E-state index is 2.33. The highest BCUT2D eigenvalue weighted by atomic mass is 32.3. The van der Waals surface area contributed by atoms with E-state index in [9.17, 15) is 0 Å². The highest BCUT2D eigenvalue weighted by molar-refractivity contribution is 8.33. The first-order valence-electron chi connectivity index (χ1n) is 8.16. The molecule has 0 bridgehead atoms. The van der Waals surface area contributed by atoms with Crippen LogP contribution in [0.3, 0.4) is 0 Å². The molecule has 0 N–H and O–H groups in total. The second-order valence-corrected chi connectivity index (χ2v) is 15.4. The number of rotatable bonds is 9. The van der Waals surface area contributed by atoms with Gasteiger partial charge in [0, 0.05) is 33.0 Å². The summed E-state index contributed by atoms with van der Waals surface area (Å²) in [6, 6.07) is 0. The third-order valence-electron chi connectivity index (χ3n) is 4.29. The highest BCUT2D eigenvalue weighted by Crippen LogP contribution is 2.53. The molecule has 0 nitrogen and oxygen atoms in total. The maximum atomic E-state index is 2.33. The van der Waals surface area contributed by atoms with Gasteiger partial charge < -0.3 is 0 Å². The lowest BCUT2D eigenvalue weighted by atomic mass is 10.3. The first kappa shape index (κ1) is 16.6. The summed E-state index contributed by atoms with van der Waals surface area (Å²) in [5, 5.41) is 3.09. The van der Waals surface area contributed by atoms with E-state index in [1.165, 1.54) is 55.8 Å². The van der Waals surface area contributed by atoms with Crippen molar-refractivity contribution in [1.82, 2.24) is 0 Å². The zero-order chi connectivity index (χ0) is 14.1. The molecule has 0 radical (unpaired) electrons. The van der Waals surface area contributed by atoms with Crippen LogP contribution in [0.25, 0.3) is 0 Å². The summed E-state index contributed by atoms with van der Waals surface area (Å²) in [4.78, 5) is 0. The molecule has 0 spiro atoms. The lowest BCUT2D eigenvalue weighted by molar-refractivity contribution is 0.781. The molecule has 0 aromatic heterocycles. The third kappa shape index (κ3) is 6.15. The molecule has 0 saturated carbocycles. The molecule has 0 aromatic carbocycles. The van der Waals surface area contributed by atoms with Gasteiger partial charge in [0.15, 0.2) is 0 Å². The van der Waals surface area contributed by atoms with Gasteiger partial charge >= 0.3 is 0 Å². The summed E-state index contributed by atoms with van der Waals surface area (Å²) in [6.07, 6.45) is 8.86. The third-order valence-corrected chi connectivity index (χ3v) is 12.6. The summed E-state index contributed by atoms with van der Waals surface area (Å²) in [7, 11) is 0. The van der Waals surface area contributed by atoms with E-state index >= 15 is 0 Å². The van der Waals surface area contributed by atoms with Gasteiger partial charge in [-0.2, -0.15) is 35.3 Å². The summed E-state index contributed by atoms with van der Waals surface area (Å²) in [5.41, 5.74) is 0. The van der Waals surface area contributed by atoms with Gasteiger partial charge in [-0.25, -0.2) is 0 Å². The SMILES string of the molecule is C(CC1SC(CCC2CS2)SC(CCC2CS2)S1)C1CS1. The van der Waals surface area contributed by atoms with Crippen molar-refractivity contribution in [1.29, 1.82) is 0 Å². The van der Waals surface area contributed by atoms with Crippen molar-refractivity contribution in [2.24, 2.45) is 0 Å². The van der Waals surface area contributed by atoms with Gasteiger partial charge in [0.25, 0.3) is 0 Å². The van der Waals surface area contributed by atoms with Crippen molar-refractivity contribution < 1.29 is 0 Å². The van der Waals surface area contributed by atoms with E-state index in [0.29, 0.717) is 0 Å². The Morgan fingerprint density at radius 1 is 0.476 bits per heavy atom. The van der Waals surface area contributed by atoms with E-state index in [2.05, 4.69) is 70.6 Å². The van der Waals surface area contributed by atoms with Crippen LogP contribution in [0.4, 0.5) is 0 Å². The maximum Gasteiger partial charge on any atom is 0.0525 e. The van der Waals surface area contributed by atoms with Gasteiger partial charge in [0.2, 0.25) is 0 Å². The smallest absolute Gasteiger partial charge is 0.0525 e. The van der Waals surface area contributed by atoms with Crippen LogP contribution < -0.4 is 0 Å². The highest BCUT2D eigenvalue weighted by Gasteiger charge is 2.34. The summed E-state index contributed by atoms with van der Waals surface area (Å²) < 4.78 is 2.71. The zero-order valence-electron chi connectivity index (χ0n) is 12.3. The van der Waals surface area contributed by atoms with Gasteiger partial charge in [-0.05, 0) is 38.5 Å². The minimum Gasteiger partial charge on any atom is -0.157 e. The monoisotopic (exact) mass is 396 g/mol. The fourth-order valence-corrected chi connectivity index (χ4v) is 11.0. The molecule has 4 fully saturated rings. The van der Waals surface area contributed by atoms with Crippen molar-refractivity contribution >= 4 is 70.6 Å². The molecule has 0 aliphatic carbocycles. The Kier molecular flexibility index (Phi) is 6.30. The second-order valence-electron chi connectivity index (χ2n) is 6.29. The number of hydrogen-bond acceptors (Lipinski definition) is 6. The van der Waals surface area contributed by atoms with Gasteiger partial charge in [-0.15, -0.1) is 35.3 Å². The lowest BCUT2D eigenvalue weighted by Gasteiger charge is -2.34. The Balaban J connectivity index is 1.24. The molecule has 4 heterocycles. The zero-order valence-corrected chi connectivity index (χ0v) is 17.2. The molecule has 6 heteroatoms. The number of hydrogen-bond donors (Lipinski definition) is 0. The Hall–Kier alpha value is 2.10. The van der Waals surface area contributed by atoms with Crippen LogP contribution in [0, 0.1) is 0 Å². The first-order chi connectivity index (χ1) is 10.3. The molecule has 4 saturated heterocycles. The van der Waals surface area contributed by atoms with Crippen LogP contribution in [0.5, 0.6) is 0 Å². The topological polar surface area (TPSA) is 0 Å². The number of thioether (sulfide) groups is 6. The molecular weight excluding hydrogens is 373 g/mol. The quantitative estimate of drug-likeness (QED) is 0.444. The molecule has 120 valence electrons. The molecule has 3 atom stereocenters. The van der Waals surface area contributed by atoms with Crippen LogP contribution in [0.1, 0.15) is 38.5 Å². The van der Waals surface area contributed by atoms with Crippen LogP contribution in [0.15, 0.2) is 0 Å². The van der Waals surface area contributed by atoms with Crippen molar-refractivity contribution in [3.05, 3.63) is 0 Å². The predicted molar refractivity (Wildman–Crippen MR) is 111 cm³/mol. The molecule has 3 unspecified atom stereocenters. The van der Waals surface area contributed by atoms with E-state index in [1.807, 2.05) is 0 Å². The molecule has 4 aliphatic heterocycles. The van der Waals surface area contributed by atoms with Crippen LogP contribution >= 0.6 is 70.6 Å². The predicted octanol–water partition coefficient (Wildman–Crippen LogP) is 5.86. The fraction of sp³-hybridized carbons (Fsp3) is 1.00. The van der Waals surface area contributed by atoms with E-state index in [1.54, 1.807) is 0 Å². The van der Waals surface area contributed by atoms with Crippen molar-refractivity contribution in [2.45, 2.75) is 68.0 Å². The molecule has 4 rings (SSSR count). The Labute approximate surface area is 155 Å². The molecule has 0 amide bonds. The van der Waals surface area contributed by atoms with E-state index < -0.39 is 0 Å². The fourth-order valence-electron chi connectivity index (χ4n) is 2.68. The summed E-state index contributed by atoms with van der Waals surface area (Å²) in [6.45, 7) is 0. The van der Waals surface area contributed by atoms with Gasteiger partial charge in [-0.3, -0.25) is 0 Å². The summed E-state index contributed by atoms with van der Waals surface area (Å²) in [5.74, 6) is 4.34. The van der Waals surface area contributed by atoms with Crippen molar-refractivity contribution in [3.8, 4) is 0 Å². The average molecular weight is 397 g/mol. The van der Waals surface area contributed by atoms with E-state index in [-0.39, 0.29) is 0 Å². The molecule has 21 heavy (non-hydrogen) atoms. The first-order valence-corrected chi connectivity index (χ1v) is 14.1. The van der Waals surface area contributed by atoms with E-state index in [4.69, 9.17) is 0 Å². The average Bonchev–Trinajstić information content (AvgIpc) is 3.38. The Morgan fingerprint density at radius 2 is 0.762 bits per heavy atom. The molecule has 0 aromatic rings. The van der Waals surface area contributed by atoms with Gasteiger partial charge in [-0.1, -0.05) is 0 Å². The van der Waals surface area contributed by atoms with Gasteiger partial charge in [0.05, 0.1) is 13.7 Å². The van der Waals surface area contributed by atoms with Gasteiger partial charge in [0.1, 0.15) is 0 Å². The lowest BCUT2D eigenvalue weighted by Crippen LogP contribution is -2.19. The van der Waals surface area contributed by atoms with Crippen molar-refractivity contribution in [2.75, 3.05) is 17.3 Å². The second kappa shape index (κ2) is 7.99. The Morgan fingerprint density at radius 3 is 1.00 bits per heavy atom. The van der Waals surface area contributed by atoms with Crippen molar-refractivity contribution in [3.63, 3.8) is 0 Å². The minimum absolute atomic E-state index is 0.904. The summed E-state index contributed by atoms with van der Waals surface area (Å²) >= 11 is 13.5. The van der Waals surface area contributed by atoms with Crippen LogP contribution in [-0.4, -0.2) is 46.8 Å². The standard InChI is InChI=1S/C15H24S6/c1(10-7-16-10)4-13-19-14(5-2-11-8-17-11)21-15(20-13)6-3-12-9-18-12/h10-15H,1-9H2. The Bertz CT molecular complexity index is 281. The van der Waals surface area contributed by atoms with Crippen LogP contribution in [0.2, 0.25) is 0 Å². The van der Waals surface area contributed by atoms with E-state index in [0.717, 1.165) is 29.5 Å². The molecular formula is C15H24S6. The van der Waals surface area contributed by atoms with Crippen LogP contribution in [-0.2, 0) is 0 Å². The minimum atomic E-state index is 0.904. The molecule has 4 aliphatic rings. The largest absolute Gasteiger partial charge is 0.157 e. The normalized spacial score (nSPS) is 44.6.